The zero-order chi connectivity index (χ0) is 25.8. The van der Waals surface area contributed by atoms with Gasteiger partial charge in [0.2, 0.25) is 11.8 Å². The second kappa shape index (κ2) is 11.2. The van der Waals surface area contributed by atoms with Crippen LogP contribution in [-0.4, -0.2) is 46.5 Å². The Labute approximate surface area is 205 Å². The number of carbonyl (C=O) groups is 3. The Morgan fingerprint density at radius 1 is 1.00 bits per heavy atom. The Bertz CT molecular complexity index is 864. The second-order valence-electron chi connectivity index (χ2n) is 11.1. The van der Waals surface area contributed by atoms with E-state index < -0.39 is 23.8 Å². The van der Waals surface area contributed by atoms with E-state index in [1.165, 1.54) is 0 Å². The van der Waals surface area contributed by atoms with E-state index in [0.29, 0.717) is 0 Å². The average molecular weight is 474 g/mol. The SMILES string of the molecule is Cc1cccc(C)c1C(C(=O)NC(C)C)N(C(=O)C(NC(=O)OC(C)(C)C)C(C)C)C1CCC1. The molecule has 1 aliphatic carbocycles. The minimum absolute atomic E-state index is 0.0592. The summed E-state index contributed by atoms with van der Waals surface area (Å²) in [6.45, 7) is 16.9. The van der Waals surface area contributed by atoms with Crippen molar-refractivity contribution in [2.24, 2.45) is 5.92 Å². The molecule has 1 aromatic rings. The van der Waals surface area contributed by atoms with E-state index in [2.05, 4.69) is 10.6 Å². The predicted octanol–water partition coefficient (Wildman–Crippen LogP) is 4.80. The summed E-state index contributed by atoms with van der Waals surface area (Å²) in [5.41, 5.74) is 2.09. The topological polar surface area (TPSA) is 87.7 Å². The van der Waals surface area contributed by atoms with Crippen LogP contribution < -0.4 is 10.6 Å². The van der Waals surface area contributed by atoms with Crippen molar-refractivity contribution >= 4 is 17.9 Å². The predicted molar refractivity (Wildman–Crippen MR) is 134 cm³/mol. The number of alkyl carbamates (subject to hydrolysis) is 1. The molecule has 7 nitrogen and oxygen atoms in total. The summed E-state index contributed by atoms with van der Waals surface area (Å²) >= 11 is 0. The van der Waals surface area contributed by atoms with E-state index in [-0.39, 0.29) is 29.8 Å². The molecule has 0 radical (unpaired) electrons. The van der Waals surface area contributed by atoms with E-state index >= 15 is 0 Å². The van der Waals surface area contributed by atoms with Crippen LogP contribution in [0.4, 0.5) is 4.79 Å². The zero-order valence-electron chi connectivity index (χ0n) is 22.3. The summed E-state index contributed by atoms with van der Waals surface area (Å²) in [5, 5.41) is 5.82. The van der Waals surface area contributed by atoms with Gasteiger partial charge in [0.1, 0.15) is 17.7 Å². The molecule has 0 heterocycles. The standard InChI is InChI=1S/C27H43N3O4/c1-16(2)22(29-26(33)34-27(7,8)9)25(32)30(20-14-11-15-20)23(24(31)28-17(3)4)21-18(5)12-10-13-19(21)6/h10,12-13,16-17,20,22-23H,11,14-15H2,1-9H3,(H,28,31)(H,29,33). The number of carbonyl (C=O) groups excluding carboxylic acids is 3. The Balaban J connectivity index is 2.54. The molecule has 1 aliphatic rings. The first-order valence-electron chi connectivity index (χ1n) is 12.4. The van der Waals surface area contributed by atoms with E-state index in [1.807, 2.05) is 59.7 Å². The molecule has 34 heavy (non-hydrogen) atoms. The van der Waals surface area contributed by atoms with Gasteiger partial charge in [0.05, 0.1) is 0 Å². The minimum atomic E-state index is -0.811. The molecule has 0 bridgehead atoms. The highest BCUT2D eigenvalue weighted by Gasteiger charge is 2.43. The fraction of sp³-hybridized carbons (Fsp3) is 0.667. The summed E-state index contributed by atoms with van der Waals surface area (Å²) < 4.78 is 5.43. The molecule has 0 saturated heterocycles. The van der Waals surface area contributed by atoms with Crippen LogP contribution in [0.25, 0.3) is 0 Å². The van der Waals surface area contributed by atoms with Crippen molar-refractivity contribution in [2.45, 2.75) is 111 Å². The number of hydrogen-bond acceptors (Lipinski definition) is 4. The van der Waals surface area contributed by atoms with Crippen LogP contribution in [0, 0.1) is 19.8 Å². The maximum atomic E-state index is 14.1. The van der Waals surface area contributed by atoms with Crippen molar-refractivity contribution in [3.05, 3.63) is 34.9 Å². The highest BCUT2D eigenvalue weighted by Crippen LogP contribution is 2.36. The zero-order valence-corrected chi connectivity index (χ0v) is 22.3. The molecule has 1 fully saturated rings. The van der Waals surface area contributed by atoms with E-state index in [4.69, 9.17) is 4.74 Å². The summed E-state index contributed by atoms with van der Waals surface area (Å²) in [5.74, 6) is -0.640. The molecule has 2 rings (SSSR count). The first kappa shape index (κ1) is 27.7. The fourth-order valence-electron chi connectivity index (χ4n) is 4.31. The van der Waals surface area contributed by atoms with Crippen molar-refractivity contribution < 1.29 is 19.1 Å². The van der Waals surface area contributed by atoms with E-state index in [1.54, 1.807) is 25.7 Å². The van der Waals surface area contributed by atoms with Crippen LogP contribution in [-0.2, 0) is 14.3 Å². The van der Waals surface area contributed by atoms with Gasteiger partial charge in [-0.05, 0) is 90.3 Å². The lowest BCUT2D eigenvalue weighted by Crippen LogP contribution is -2.59. The molecule has 0 spiro atoms. The maximum absolute atomic E-state index is 14.1. The number of nitrogens with zero attached hydrogens (tertiary/aromatic N) is 1. The molecule has 1 saturated carbocycles. The summed E-state index contributed by atoms with van der Waals surface area (Å²) in [4.78, 5) is 42.1. The first-order valence-corrected chi connectivity index (χ1v) is 12.4. The largest absolute Gasteiger partial charge is 0.444 e. The van der Waals surface area contributed by atoms with Crippen LogP contribution in [0.1, 0.15) is 90.5 Å². The molecule has 0 aliphatic heterocycles. The quantitative estimate of drug-likeness (QED) is 0.568. The molecule has 3 amide bonds. The Morgan fingerprint density at radius 2 is 1.56 bits per heavy atom. The van der Waals surface area contributed by atoms with Crippen LogP contribution >= 0.6 is 0 Å². The number of rotatable bonds is 8. The monoisotopic (exact) mass is 473 g/mol. The van der Waals surface area contributed by atoms with Gasteiger partial charge in [0.25, 0.3) is 0 Å². The number of ether oxygens (including phenoxy) is 1. The van der Waals surface area contributed by atoms with Gasteiger partial charge in [-0.1, -0.05) is 32.0 Å². The fourth-order valence-corrected chi connectivity index (χ4v) is 4.31. The smallest absolute Gasteiger partial charge is 0.408 e. The molecular weight excluding hydrogens is 430 g/mol. The number of benzene rings is 1. The van der Waals surface area contributed by atoms with E-state index in [9.17, 15) is 14.4 Å². The molecule has 2 atom stereocenters. The molecule has 0 aromatic heterocycles. The second-order valence-corrected chi connectivity index (χ2v) is 11.1. The summed E-state index contributed by atoms with van der Waals surface area (Å²) in [6, 6.07) is 4.19. The van der Waals surface area contributed by atoms with Gasteiger partial charge in [-0.25, -0.2) is 4.79 Å². The molecule has 7 heteroatoms. The average Bonchev–Trinajstić information content (AvgIpc) is 2.63. The van der Waals surface area contributed by atoms with Gasteiger partial charge >= 0.3 is 6.09 Å². The summed E-state index contributed by atoms with van der Waals surface area (Å²) in [7, 11) is 0. The van der Waals surface area contributed by atoms with Gasteiger partial charge in [-0.3, -0.25) is 9.59 Å². The highest BCUT2D eigenvalue weighted by atomic mass is 16.6. The third-order valence-electron chi connectivity index (χ3n) is 6.10. The van der Waals surface area contributed by atoms with Crippen LogP contribution in [0.15, 0.2) is 18.2 Å². The lowest BCUT2D eigenvalue weighted by molar-refractivity contribution is -0.148. The van der Waals surface area contributed by atoms with Gasteiger partial charge in [0, 0.05) is 12.1 Å². The number of nitrogens with one attached hydrogen (secondary N) is 2. The Hall–Kier alpha value is -2.57. The number of aryl methyl sites for hydroxylation is 2. The third kappa shape index (κ3) is 6.97. The molecule has 2 unspecified atom stereocenters. The summed E-state index contributed by atoms with van der Waals surface area (Å²) in [6.07, 6.45) is 2.04. The van der Waals surface area contributed by atoms with Crippen LogP contribution in [0.2, 0.25) is 0 Å². The van der Waals surface area contributed by atoms with Crippen molar-refractivity contribution in [1.29, 1.82) is 0 Å². The van der Waals surface area contributed by atoms with Crippen molar-refractivity contribution in [1.82, 2.24) is 15.5 Å². The van der Waals surface area contributed by atoms with Gasteiger partial charge < -0.3 is 20.3 Å². The highest BCUT2D eigenvalue weighted by molar-refractivity contribution is 5.93. The molecule has 1 aromatic carbocycles. The van der Waals surface area contributed by atoms with Gasteiger partial charge in [-0.15, -0.1) is 0 Å². The third-order valence-corrected chi connectivity index (χ3v) is 6.10. The Kier molecular flexibility index (Phi) is 9.15. The molecule has 2 N–H and O–H groups in total. The van der Waals surface area contributed by atoms with E-state index in [0.717, 1.165) is 36.0 Å². The lowest BCUT2D eigenvalue weighted by Gasteiger charge is -2.45. The van der Waals surface area contributed by atoms with Crippen molar-refractivity contribution in [2.75, 3.05) is 0 Å². The molecular formula is C27H43N3O4. The van der Waals surface area contributed by atoms with Crippen LogP contribution in [0.3, 0.4) is 0 Å². The molecule has 190 valence electrons. The normalized spacial score (nSPS) is 16.0. The number of hydrogen-bond donors (Lipinski definition) is 2. The van der Waals surface area contributed by atoms with Gasteiger partial charge in [-0.2, -0.15) is 0 Å². The van der Waals surface area contributed by atoms with Crippen molar-refractivity contribution in [3.63, 3.8) is 0 Å². The van der Waals surface area contributed by atoms with Gasteiger partial charge in [0.15, 0.2) is 0 Å². The first-order chi connectivity index (χ1) is 15.7. The number of amides is 3. The lowest BCUT2D eigenvalue weighted by atomic mass is 9.85. The maximum Gasteiger partial charge on any atom is 0.408 e. The minimum Gasteiger partial charge on any atom is -0.444 e. The van der Waals surface area contributed by atoms with Crippen LogP contribution in [0.5, 0.6) is 0 Å². The Morgan fingerprint density at radius 3 is 1.97 bits per heavy atom. The van der Waals surface area contributed by atoms with Crippen molar-refractivity contribution in [3.8, 4) is 0 Å².